The van der Waals surface area contributed by atoms with E-state index in [1.165, 1.54) is 6.20 Å². The van der Waals surface area contributed by atoms with Gasteiger partial charge >= 0.3 is 0 Å². The van der Waals surface area contributed by atoms with Gasteiger partial charge in [0.25, 0.3) is 0 Å². The van der Waals surface area contributed by atoms with Gasteiger partial charge in [0.15, 0.2) is 11.6 Å². The Hall–Kier alpha value is -1.25. The fourth-order valence-electron chi connectivity index (χ4n) is 2.03. The Balaban J connectivity index is 2.20. The second kappa shape index (κ2) is 5.03. The van der Waals surface area contributed by atoms with E-state index < -0.39 is 21.8 Å². The van der Waals surface area contributed by atoms with Crippen LogP contribution in [0.4, 0.5) is 10.2 Å². The zero-order chi connectivity index (χ0) is 14.2. The van der Waals surface area contributed by atoms with E-state index in [0.29, 0.717) is 0 Å². The third-order valence-corrected chi connectivity index (χ3v) is 3.86. The molecule has 1 fully saturated rings. The molecule has 9 heteroatoms. The summed E-state index contributed by atoms with van der Waals surface area (Å²) in [4.78, 5) is 16.6. The lowest BCUT2D eigenvalue weighted by atomic mass is 10.1. The number of hydrogen-bond acceptors (Lipinski definition) is 4. The summed E-state index contributed by atoms with van der Waals surface area (Å²) >= 11 is 5.57. The van der Waals surface area contributed by atoms with Crippen molar-refractivity contribution in [3.63, 3.8) is 0 Å². The Labute approximate surface area is 114 Å². The third-order valence-electron chi connectivity index (χ3n) is 2.72. The van der Waals surface area contributed by atoms with Crippen LogP contribution >= 0.6 is 11.6 Å². The molecule has 0 aliphatic carbocycles. The van der Waals surface area contributed by atoms with Crippen molar-refractivity contribution in [3.05, 3.63) is 23.1 Å². The van der Waals surface area contributed by atoms with E-state index in [2.05, 4.69) is 4.98 Å². The van der Waals surface area contributed by atoms with Gasteiger partial charge in [0.05, 0.1) is 10.8 Å². The summed E-state index contributed by atoms with van der Waals surface area (Å²) < 4.78 is 35.6. The van der Waals surface area contributed by atoms with Crippen LogP contribution in [0.25, 0.3) is 0 Å². The van der Waals surface area contributed by atoms with E-state index in [4.69, 9.17) is 16.7 Å². The number of rotatable bonds is 3. The predicted molar refractivity (Wildman–Crippen MR) is 67.6 cm³/mol. The zero-order valence-electron chi connectivity index (χ0n) is 9.71. The minimum Gasteiger partial charge on any atom is -0.294 e. The molecule has 6 nitrogen and oxygen atoms in total. The second-order valence-corrected chi connectivity index (χ2v) is 6.46. The number of carbonyl (C=O) groups excluding carboxylic acids is 1. The molecule has 1 aliphatic heterocycles. The summed E-state index contributed by atoms with van der Waals surface area (Å²) in [7, 11) is -3.67. The first-order chi connectivity index (χ1) is 8.76. The van der Waals surface area contributed by atoms with Gasteiger partial charge in [-0.05, 0) is 6.07 Å². The van der Waals surface area contributed by atoms with E-state index in [9.17, 15) is 17.6 Å². The van der Waals surface area contributed by atoms with Crippen LogP contribution in [0, 0.1) is 11.7 Å². The quantitative estimate of drug-likeness (QED) is 0.880. The smallest absolute Gasteiger partial charge is 0.228 e. The largest absolute Gasteiger partial charge is 0.294 e. The summed E-state index contributed by atoms with van der Waals surface area (Å²) in [6.45, 7) is 0.0703. The normalized spacial score (nSPS) is 20.1. The van der Waals surface area contributed by atoms with Crippen molar-refractivity contribution in [1.82, 2.24) is 4.98 Å². The fourth-order valence-corrected chi connectivity index (χ4v) is 3.06. The molecule has 2 heterocycles. The van der Waals surface area contributed by atoms with E-state index in [1.807, 2.05) is 0 Å². The van der Waals surface area contributed by atoms with Crippen molar-refractivity contribution in [2.24, 2.45) is 11.1 Å². The van der Waals surface area contributed by atoms with Crippen molar-refractivity contribution in [2.75, 3.05) is 17.2 Å². The number of carbonyl (C=O) groups is 1. The topological polar surface area (TPSA) is 93.4 Å². The average Bonchev–Trinajstić information content (AvgIpc) is 2.56. The molecule has 1 aliphatic rings. The second-order valence-electron chi connectivity index (χ2n) is 4.36. The molecule has 1 saturated heterocycles. The predicted octanol–water partition coefficient (Wildman–Crippen LogP) is 0.516. The van der Waals surface area contributed by atoms with Gasteiger partial charge in [0.1, 0.15) is 0 Å². The van der Waals surface area contributed by atoms with Gasteiger partial charge in [-0.2, -0.15) is 0 Å². The average molecular weight is 308 g/mol. The van der Waals surface area contributed by atoms with E-state index in [-0.39, 0.29) is 35.5 Å². The van der Waals surface area contributed by atoms with Crippen LogP contribution in [-0.4, -0.2) is 31.6 Å². The van der Waals surface area contributed by atoms with Gasteiger partial charge < -0.3 is 0 Å². The number of sulfonamides is 1. The van der Waals surface area contributed by atoms with Gasteiger partial charge in [-0.15, -0.1) is 0 Å². The highest BCUT2D eigenvalue weighted by atomic mass is 35.5. The lowest BCUT2D eigenvalue weighted by Gasteiger charge is -2.16. The maximum absolute atomic E-state index is 13.7. The van der Waals surface area contributed by atoms with Crippen LogP contribution in [0.1, 0.15) is 6.42 Å². The first-order valence-electron chi connectivity index (χ1n) is 5.38. The van der Waals surface area contributed by atoms with E-state index in [1.54, 1.807) is 0 Å². The molecule has 2 N–H and O–H groups in total. The van der Waals surface area contributed by atoms with Crippen molar-refractivity contribution >= 4 is 33.3 Å². The summed E-state index contributed by atoms with van der Waals surface area (Å²) in [5.41, 5.74) is 0. The van der Waals surface area contributed by atoms with Crippen LogP contribution in [-0.2, 0) is 14.8 Å². The minimum atomic E-state index is -3.67. The molecular weight excluding hydrogens is 297 g/mol. The number of aromatic nitrogens is 1. The van der Waals surface area contributed by atoms with Crippen molar-refractivity contribution in [3.8, 4) is 0 Å². The maximum Gasteiger partial charge on any atom is 0.228 e. The Bertz CT molecular complexity index is 622. The molecule has 0 saturated carbocycles. The highest BCUT2D eigenvalue weighted by Crippen LogP contribution is 2.27. The number of pyridine rings is 1. The Morgan fingerprint density at radius 1 is 1.58 bits per heavy atom. The molecule has 0 aromatic carbocycles. The van der Waals surface area contributed by atoms with Crippen LogP contribution in [0.2, 0.25) is 5.02 Å². The molecular formula is C10H11ClFN3O3S. The molecule has 1 aromatic heterocycles. The van der Waals surface area contributed by atoms with Crippen LogP contribution in [0.5, 0.6) is 0 Å². The number of primary sulfonamides is 1. The standard InChI is InChI=1S/C10H11ClFN3O3S/c11-7-2-8(12)10(14-3-7)15-4-6(1-9(15)16)5-19(13,17)18/h2-3,6H,1,4-5H2,(H2,13,17,18). The molecule has 19 heavy (non-hydrogen) atoms. The maximum atomic E-state index is 13.7. The third kappa shape index (κ3) is 3.40. The number of amides is 1. The molecule has 1 unspecified atom stereocenters. The summed E-state index contributed by atoms with van der Waals surface area (Å²) in [5, 5.41) is 5.05. The van der Waals surface area contributed by atoms with Crippen LogP contribution in [0.15, 0.2) is 12.3 Å². The number of anilines is 1. The molecule has 0 bridgehead atoms. The molecule has 1 aromatic rings. The summed E-state index contributed by atoms with van der Waals surface area (Å²) in [5.74, 6) is -2.03. The van der Waals surface area contributed by atoms with Gasteiger partial charge in [-0.1, -0.05) is 11.6 Å². The van der Waals surface area contributed by atoms with E-state index >= 15 is 0 Å². The van der Waals surface area contributed by atoms with Gasteiger partial charge in [0.2, 0.25) is 15.9 Å². The van der Waals surface area contributed by atoms with Gasteiger partial charge in [-0.3, -0.25) is 9.69 Å². The molecule has 1 amide bonds. The van der Waals surface area contributed by atoms with Crippen LogP contribution in [0.3, 0.4) is 0 Å². The Morgan fingerprint density at radius 2 is 2.26 bits per heavy atom. The number of nitrogens with two attached hydrogens (primary N) is 1. The van der Waals surface area contributed by atoms with Crippen molar-refractivity contribution in [1.29, 1.82) is 0 Å². The summed E-state index contributed by atoms with van der Waals surface area (Å²) in [6.07, 6.45) is 1.22. The van der Waals surface area contributed by atoms with Crippen LogP contribution < -0.4 is 10.0 Å². The lowest BCUT2D eigenvalue weighted by molar-refractivity contribution is -0.117. The SMILES string of the molecule is NS(=O)(=O)CC1CC(=O)N(c2ncc(Cl)cc2F)C1. The monoisotopic (exact) mass is 307 g/mol. The highest BCUT2D eigenvalue weighted by Gasteiger charge is 2.34. The molecule has 104 valence electrons. The van der Waals surface area contributed by atoms with Gasteiger partial charge in [-0.25, -0.2) is 22.9 Å². The number of halogens is 2. The Kier molecular flexibility index (Phi) is 3.75. The first-order valence-corrected chi connectivity index (χ1v) is 7.47. The number of hydrogen-bond donors (Lipinski definition) is 1. The minimum absolute atomic E-state index is 0.000175. The van der Waals surface area contributed by atoms with Gasteiger partial charge in [0, 0.05) is 25.1 Å². The molecule has 0 radical (unpaired) electrons. The molecule has 0 spiro atoms. The highest BCUT2D eigenvalue weighted by molar-refractivity contribution is 7.89. The number of nitrogens with zero attached hydrogens (tertiary/aromatic N) is 2. The summed E-state index contributed by atoms with van der Waals surface area (Å²) in [6, 6.07) is 1.05. The van der Waals surface area contributed by atoms with Crippen molar-refractivity contribution < 1.29 is 17.6 Å². The zero-order valence-corrected chi connectivity index (χ0v) is 11.3. The first kappa shape index (κ1) is 14.2. The Morgan fingerprint density at radius 3 is 2.84 bits per heavy atom. The molecule has 1 atom stereocenters. The fraction of sp³-hybridized carbons (Fsp3) is 0.400. The van der Waals surface area contributed by atoms with E-state index in [0.717, 1.165) is 11.0 Å². The van der Waals surface area contributed by atoms with Crippen molar-refractivity contribution in [2.45, 2.75) is 6.42 Å². The molecule has 2 rings (SSSR count). The lowest BCUT2D eigenvalue weighted by Crippen LogP contribution is -2.28.